The maximum Gasteiger partial charge on any atom is 0.334 e. The van der Waals surface area contributed by atoms with Gasteiger partial charge >= 0.3 is 6.03 Å². The number of piperazine rings is 1. The highest BCUT2D eigenvalue weighted by Crippen LogP contribution is 2.31. The Balaban J connectivity index is 1.57. The Morgan fingerprint density at radius 1 is 1.26 bits per heavy atom. The van der Waals surface area contributed by atoms with Crippen LogP contribution in [0.1, 0.15) is 38.7 Å². The van der Waals surface area contributed by atoms with Crippen LogP contribution in [0, 0.1) is 11.7 Å². The van der Waals surface area contributed by atoms with Crippen molar-refractivity contribution in [1.82, 2.24) is 25.1 Å². The van der Waals surface area contributed by atoms with Gasteiger partial charge in [0.1, 0.15) is 18.0 Å². The maximum atomic E-state index is 13.5. The fourth-order valence-corrected chi connectivity index (χ4v) is 5.05. The molecule has 2 unspecified atom stereocenters. The van der Waals surface area contributed by atoms with Crippen LogP contribution in [0.4, 0.5) is 9.18 Å². The number of benzene rings is 1. The zero-order valence-electron chi connectivity index (χ0n) is 20.1. The molecule has 0 aromatic heterocycles. The smallest absolute Gasteiger partial charge is 0.334 e. The summed E-state index contributed by atoms with van der Waals surface area (Å²) < 4.78 is 19.0. The molecule has 1 aromatic rings. The van der Waals surface area contributed by atoms with Crippen molar-refractivity contribution < 1.29 is 23.5 Å². The van der Waals surface area contributed by atoms with E-state index in [1.54, 1.807) is 34.0 Å². The molecule has 3 heterocycles. The first-order chi connectivity index (χ1) is 16.3. The van der Waals surface area contributed by atoms with E-state index in [1.165, 1.54) is 17.1 Å². The highest BCUT2D eigenvalue weighted by molar-refractivity contribution is 5.91. The highest BCUT2D eigenvalue weighted by Gasteiger charge is 2.52. The van der Waals surface area contributed by atoms with Crippen LogP contribution in [-0.4, -0.2) is 89.3 Å². The van der Waals surface area contributed by atoms with E-state index in [2.05, 4.69) is 5.32 Å². The number of urea groups is 1. The van der Waals surface area contributed by atoms with Gasteiger partial charge in [0.05, 0.1) is 19.2 Å². The fraction of sp³-hybridized carbons (Fsp3) is 0.625. The number of rotatable bonds is 6. The normalized spacial score (nSPS) is 26.6. The monoisotopic (exact) mass is 475 g/mol. The SMILES string of the molecule is CCC(C)[C@H]1C(=O)N(CC2CCCO2)C[C@H]2N1C(=O)CN(C)N2C(=O)NCc1ccc(F)cc1. The Morgan fingerprint density at radius 3 is 2.65 bits per heavy atom. The van der Waals surface area contributed by atoms with Crippen LogP contribution in [0.15, 0.2) is 24.3 Å². The second kappa shape index (κ2) is 10.3. The molecule has 0 radical (unpaired) electrons. The lowest BCUT2D eigenvalue weighted by Crippen LogP contribution is -2.77. The summed E-state index contributed by atoms with van der Waals surface area (Å²) >= 11 is 0. The number of amides is 4. The average Bonchev–Trinajstić information content (AvgIpc) is 3.32. The standard InChI is InChI=1S/C24H34FN5O4/c1-4-16(2)22-23(32)28(13-19-6-5-11-34-19)14-20-29(22)21(31)15-27(3)30(20)24(33)26-12-17-7-9-18(25)10-8-17/h7-10,16,19-20,22H,4-6,11-15H2,1-3H3,(H,26,33)/t16?,19?,20-,22-/m0/s1. The second-order valence-corrected chi connectivity index (χ2v) is 9.44. The van der Waals surface area contributed by atoms with Crippen LogP contribution < -0.4 is 5.32 Å². The van der Waals surface area contributed by atoms with Crippen molar-refractivity contribution in [1.29, 1.82) is 0 Å². The number of hydrogen-bond acceptors (Lipinski definition) is 5. The van der Waals surface area contributed by atoms with Crippen LogP contribution in [0.25, 0.3) is 0 Å². The number of nitrogens with one attached hydrogen (secondary N) is 1. The summed E-state index contributed by atoms with van der Waals surface area (Å²) in [5.41, 5.74) is 0.763. The maximum absolute atomic E-state index is 13.5. The molecule has 3 aliphatic heterocycles. The number of ether oxygens (including phenoxy) is 1. The molecule has 1 aromatic carbocycles. The van der Waals surface area contributed by atoms with Gasteiger partial charge in [0.25, 0.3) is 0 Å². The van der Waals surface area contributed by atoms with Crippen LogP contribution >= 0.6 is 0 Å². The van der Waals surface area contributed by atoms with Crippen LogP contribution in [-0.2, 0) is 20.9 Å². The number of nitrogens with zero attached hydrogens (tertiary/aromatic N) is 4. The van der Waals surface area contributed by atoms with Gasteiger partial charge in [0.2, 0.25) is 11.8 Å². The first kappa shape index (κ1) is 24.4. The molecule has 3 aliphatic rings. The van der Waals surface area contributed by atoms with E-state index in [1.807, 2.05) is 13.8 Å². The summed E-state index contributed by atoms with van der Waals surface area (Å²) in [6.45, 7) is 5.57. The summed E-state index contributed by atoms with van der Waals surface area (Å²) in [4.78, 5) is 43.4. The lowest BCUT2D eigenvalue weighted by atomic mass is 9.92. The summed E-state index contributed by atoms with van der Waals surface area (Å²) in [6.07, 6.45) is 1.96. The Labute approximate surface area is 199 Å². The first-order valence-electron chi connectivity index (χ1n) is 12.0. The van der Waals surface area contributed by atoms with Crippen molar-refractivity contribution >= 4 is 17.8 Å². The van der Waals surface area contributed by atoms with Gasteiger partial charge in [-0.2, -0.15) is 0 Å². The highest BCUT2D eigenvalue weighted by atomic mass is 19.1. The van der Waals surface area contributed by atoms with Crippen molar-refractivity contribution in [3.8, 4) is 0 Å². The van der Waals surface area contributed by atoms with Crippen molar-refractivity contribution in [2.24, 2.45) is 5.92 Å². The van der Waals surface area contributed by atoms with Gasteiger partial charge in [-0.25, -0.2) is 19.2 Å². The summed E-state index contributed by atoms with van der Waals surface area (Å²) in [5, 5.41) is 6.03. The number of halogens is 1. The minimum atomic E-state index is -0.626. The molecule has 4 atom stereocenters. The molecule has 0 bridgehead atoms. The Morgan fingerprint density at radius 2 is 2.00 bits per heavy atom. The third kappa shape index (κ3) is 4.88. The molecule has 3 saturated heterocycles. The molecule has 4 amide bonds. The molecular formula is C24H34FN5O4. The van der Waals surface area contributed by atoms with Gasteiger partial charge in [0, 0.05) is 26.7 Å². The van der Waals surface area contributed by atoms with E-state index in [4.69, 9.17) is 4.74 Å². The second-order valence-electron chi connectivity index (χ2n) is 9.44. The number of carbonyl (C=O) groups is 3. The molecular weight excluding hydrogens is 441 g/mol. The van der Waals surface area contributed by atoms with Crippen LogP contribution in [0.2, 0.25) is 0 Å². The largest absolute Gasteiger partial charge is 0.376 e. The summed E-state index contributed by atoms with van der Waals surface area (Å²) in [5.74, 6) is -0.635. The summed E-state index contributed by atoms with van der Waals surface area (Å²) in [6, 6.07) is 4.94. The van der Waals surface area contributed by atoms with E-state index in [-0.39, 0.29) is 55.3 Å². The molecule has 9 nitrogen and oxygen atoms in total. The average molecular weight is 476 g/mol. The van der Waals surface area contributed by atoms with Gasteiger partial charge < -0.3 is 19.9 Å². The molecule has 0 aliphatic carbocycles. The minimum absolute atomic E-state index is 0.00637. The van der Waals surface area contributed by atoms with E-state index in [0.717, 1.165) is 24.8 Å². The molecule has 0 spiro atoms. The number of hydrogen-bond donors (Lipinski definition) is 1. The number of carbonyl (C=O) groups excluding carboxylic acids is 3. The van der Waals surface area contributed by atoms with Gasteiger partial charge in [-0.05, 0) is 36.5 Å². The van der Waals surface area contributed by atoms with Crippen molar-refractivity contribution in [3.05, 3.63) is 35.6 Å². The zero-order valence-corrected chi connectivity index (χ0v) is 20.1. The molecule has 186 valence electrons. The van der Waals surface area contributed by atoms with Gasteiger partial charge in [0.15, 0.2) is 0 Å². The molecule has 10 heteroatoms. The van der Waals surface area contributed by atoms with Gasteiger partial charge in [-0.15, -0.1) is 0 Å². The Kier molecular flexibility index (Phi) is 7.37. The third-order valence-corrected chi connectivity index (χ3v) is 7.07. The predicted octanol–water partition coefficient (Wildman–Crippen LogP) is 1.79. The topological polar surface area (TPSA) is 85.4 Å². The van der Waals surface area contributed by atoms with Gasteiger partial charge in [-0.3, -0.25) is 9.59 Å². The summed E-state index contributed by atoms with van der Waals surface area (Å²) in [7, 11) is 1.70. The van der Waals surface area contributed by atoms with Crippen molar-refractivity contribution in [2.75, 3.05) is 33.3 Å². The zero-order chi connectivity index (χ0) is 24.4. The lowest BCUT2D eigenvalue weighted by Gasteiger charge is -2.55. The molecule has 3 fully saturated rings. The first-order valence-corrected chi connectivity index (χ1v) is 12.0. The molecule has 4 rings (SSSR count). The van der Waals surface area contributed by atoms with E-state index < -0.39 is 12.2 Å². The predicted molar refractivity (Wildman–Crippen MR) is 123 cm³/mol. The Bertz CT molecular complexity index is 907. The van der Waals surface area contributed by atoms with Crippen molar-refractivity contribution in [2.45, 2.75) is 58.0 Å². The van der Waals surface area contributed by atoms with Crippen LogP contribution in [0.5, 0.6) is 0 Å². The van der Waals surface area contributed by atoms with E-state index in [0.29, 0.717) is 13.2 Å². The molecule has 1 N–H and O–H groups in total. The number of hydrazine groups is 1. The minimum Gasteiger partial charge on any atom is -0.376 e. The van der Waals surface area contributed by atoms with E-state index >= 15 is 0 Å². The Hall–Kier alpha value is -2.72. The molecule has 34 heavy (non-hydrogen) atoms. The third-order valence-electron chi connectivity index (χ3n) is 7.07. The van der Waals surface area contributed by atoms with Gasteiger partial charge in [-0.1, -0.05) is 32.4 Å². The lowest BCUT2D eigenvalue weighted by molar-refractivity contribution is -0.191. The molecule has 0 saturated carbocycles. The van der Waals surface area contributed by atoms with Crippen molar-refractivity contribution in [3.63, 3.8) is 0 Å². The quantitative estimate of drug-likeness (QED) is 0.678. The van der Waals surface area contributed by atoms with Crippen LogP contribution in [0.3, 0.4) is 0 Å². The van der Waals surface area contributed by atoms with E-state index in [9.17, 15) is 18.8 Å². The fourth-order valence-electron chi connectivity index (χ4n) is 5.05. The number of likely N-dealkylation sites (N-methyl/N-ethyl adjacent to an activating group) is 1. The number of fused-ring (bicyclic) bond motifs is 1.